The summed E-state index contributed by atoms with van der Waals surface area (Å²) in [5, 5.41) is 3.44. The Morgan fingerprint density at radius 2 is 2.00 bits per heavy atom. The molecule has 0 aromatic carbocycles. The fourth-order valence-corrected chi connectivity index (χ4v) is 1.95. The number of pyridine rings is 1. The van der Waals surface area contributed by atoms with Crippen LogP contribution in [0.2, 0.25) is 0 Å². The summed E-state index contributed by atoms with van der Waals surface area (Å²) in [5.41, 5.74) is 3.63. The summed E-state index contributed by atoms with van der Waals surface area (Å²) in [5.74, 6) is 0. The zero-order valence-corrected chi connectivity index (χ0v) is 11.2. The molecule has 3 heteroatoms. The van der Waals surface area contributed by atoms with Crippen molar-refractivity contribution in [1.29, 1.82) is 0 Å². The van der Waals surface area contributed by atoms with Gasteiger partial charge in [-0.2, -0.15) is 0 Å². The predicted molar refractivity (Wildman–Crippen MR) is 74.2 cm³/mol. The van der Waals surface area contributed by atoms with E-state index in [0.717, 1.165) is 25.3 Å². The quantitative estimate of drug-likeness (QED) is 0.845. The van der Waals surface area contributed by atoms with Crippen molar-refractivity contribution in [2.75, 3.05) is 0 Å². The molecule has 0 bridgehead atoms. The summed E-state index contributed by atoms with van der Waals surface area (Å²) in [6.45, 7) is 7.08. The molecule has 0 saturated carbocycles. The van der Waals surface area contributed by atoms with Crippen LogP contribution in [0.3, 0.4) is 0 Å². The van der Waals surface area contributed by atoms with Crippen LogP contribution in [0.25, 0.3) is 0 Å². The van der Waals surface area contributed by atoms with Crippen LogP contribution in [0.1, 0.15) is 30.2 Å². The highest BCUT2D eigenvalue weighted by Crippen LogP contribution is 2.03. The Bertz CT molecular complexity index is 471. The van der Waals surface area contributed by atoms with E-state index in [9.17, 15) is 0 Å². The van der Waals surface area contributed by atoms with Gasteiger partial charge in [-0.15, -0.1) is 0 Å². The molecule has 1 N–H and O–H groups in total. The van der Waals surface area contributed by atoms with Crippen LogP contribution in [-0.4, -0.2) is 9.55 Å². The second kappa shape index (κ2) is 6.36. The molecular weight excluding hydrogens is 222 g/mol. The lowest BCUT2D eigenvalue weighted by atomic mass is 10.2. The van der Waals surface area contributed by atoms with E-state index in [-0.39, 0.29) is 0 Å². The maximum Gasteiger partial charge on any atom is 0.0372 e. The van der Waals surface area contributed by atoms with Crippen molar-refractivity contribution in [3.8, 4) is 0 Å². The molecule has 2 rings (SSSR count). The minimum absolute atomic E-state index is 0.867. The number of hydrogen-bond donors (Lipinski definition) is 1. The Morgan fingerprint density at radius 3 is 2.72 bits per heavy atom. The number of hydrogen-bond acceptors (Lipinski definition) is 2. The maximum atomic E-state index is 4.29. The Kier molecular flexibility index (Phi) is 4.53. The van der Waals surface area contributed by atoms with E-state index >= 15 is 0 Å². The molecule has 96 valence electrons. The molecule has 2 heterocycles. The van der Waals surface area contributed by atoms with Crippen molar-refractivity contribution in [2.24, 2.45) is 0 Å². The molecule has 0 atom stereocenters. The Morgan fingerprint density at radius 1 is 1.17 bits per heavy atom. The molecule has 2 aromatic heterocycles. The highest BCUT2D eigenvalue weighted by Gasteiger charge is 1.97. The van der Waals surface area contributed by atoms with Crippen molar-refractivity contribution < 1.29 is 0 Å². The first-order chi connectivity index (χ1) is 8.78. The zero-order valence-electron chi connectivity index (χ0n) is 11.2. The van der Waals surface area contributed by atoms with Crippen LogP contribution in [0, 0.1) is 6.92 Å². The van der Waals surface area contributed by atoms with Crippen LogP contribution in [0.5, 0.6) is 0 Å². The van der Waals surface area contributed by atoms with Gasteiger partial charge in [0.25, 0.3) is 0 Å². The van der Waals surface area contributed by atoms with E-state index in [4.69, 9.17) is 0 Å². The lowest BCUT2D eigenvalue weighted by Crippen LogP contribution is -2.12. The van der Waals surface area contributed by atoms with Gasteiger partial charge < -0.3 is 9.88 Å². The average molecular weight is 243 g/mol. The van der Waals surface area contributed by atoms with E-state index in [1.165, 1.54) is 17.5 Å². The molecule has 0 unspecified atom stereocenters. The molecule has 0 radical (unpaired) electrons. The van der Waals surface area contributed by atoms with E-state index in [1.807, 2.05) is 13.1 Å². The van der Waals surface area contributed by atoms with Gasteiger partial charge in [0.05, 0.1) is 0 Å². The Hall–Kier alpha value is -1.61. The fourth-order valence-electron chi connectivity index (χ4n) is 1.95. The van der Waals surface area contributed by atoms with Gasteiger partial charge in [-0.25, -0.2) is 0 Å². The molecule has 0 aliphatic heterocycles. The van der Waals surface area contributed by atoms with E-state index in [1.54, 1.807) is 0 Å². The molecule has 2 aromatic rings. The molecule has 0 aliphatic rings. The van der Waals surface area contributed by atoms with Gasteiger partial charge >= 0.3 is 0 Å². The third-order valence-corrected chi connectivity index (χ3v) is 2.92. The summed E-state index contributed by atoms with van der Waals surface area (Å²) >= 11 is 0. The number of rotatable bonds is 6. The molecule has 18 heavy (non-hydrogen) atoms. The molecule has 0 aliphatic carbocycles. The molecule has 0 saturated heterocycles. The van der Waals surface area contributed by atoms with Crippen molar-refractivity contribution in [2.45, 2.75) is 39.9 Å². The standard InChI is InChI=1S/C15H21N3/c1-3-7-18-8-6-15(12-18)10-16-9-14-5-4-13(2)17-11-14/h4-6,8,11-12,16H,3,7,9-10H2,1-2H3. The largest absolute Gasteiger partial charge is 0.354 e. The third kappa shape index (κ3) is 3.70. The van der Waals surface area contributed by atoms with Crippen LogP contribution in [0.4, 0.5) is 0 Å². The van der Waals surface area contributed by atoms with Crippen LogP contribution in [0.15, 0.2) is 36.8 Å². The highest BCUT2D eigenvalue weighted by atomic mass is 14.9. The zero-order chi connectivity index (χ0) is 12.8. The molecule has 0 spiro atoms. The van der Waals surface area contributed by atoms with Gasteiger partial charge in [-0.05, 0) is 36.6 Å². The van der Waals surface area contributed by atoms with Crippen molar-refractivity contribution in [3.63, 3.8) is 0 Å². The first-order valence-electron chi connectivity index (χ1n) is 6.55. The first kappa shape index (κ1) is 12.8. The van der Waals surface area contributed by atoms with Gasteiger partial charge in [0.1, 0.15) is 0 Å². The number of aromatic nitrogens is 2. The lowest BCUT2D eigenvalue weighted by Gasteiger charge is -2.03. The summed E-state index contributed by atoms with van der Waals surface area (Å²) in [4.78, 5) is 4.29. The van der Waals surface area contributed by atoms with Gasteiger partial charge in [-0.1, -0.05) is 13.0 Å². The number of aryl methyl sites for hydroxylation is 2. The minimum Gasteiger partial charge on any atom is -0.354 e. The summed E-state index contributed by atoms with van der Waals surface area (Å²) in [7, 11) is 0. The number of nitrogens with one attached hydrogen (secondary N) is 1. The normalized spacial score (nSPS) is 10.8. The second-order valence-electron chi connectivity index (χ2n) is 4.67. The molecule has 0 amide bonds. The van der Waals surface area contributed by atoms with Crippen molar-refractivity contribution in [3.05, 3.63) is 53.6 Å². The number of nitrogens with zero attached hydrogens (tertiary/aromatic N) is 2. The van der Waals surface area contributed by atoms with Gasteiger partial charge in [-0.3, -0.25) is 4.98 Å². The Labute approximate surface area is 109 Å². The van der Waals surface area contributed by atoms with Crippen LogP contribution >= 0.6 is 0 Å². The smallest absolute Gasteiger partial charge is 0.0372 e. The molecular formula is C15H21N3. The topological polar surface area (TPSA) is 29.9 Å². The van der Waals surface area contributed by atoms with Crippen molar-refractivity contribution in [1.82, 2.24) is 14.9 Å². The SMILES string of the molecule is CCCn1ccc(CNCc2ccc(C)nc2)c1. The average Bonchev–Trinajstić information content (AvgIpc) is 2.80. The highest BCUT2D eigenvalue weighted by molar-refractivity contribution is 5.14. The Balaban J connectivity index is 1.79. The fraction of sp³-hybridized carbons (Fsp3) is 0.400. The minimum atomic E-state index is 0.867. The van der Waals surface area contributed by atoms with E-state index < -0.39 is 0 Å². The van der Waals surface area contributed by atoms with Gasteiger partial charge in [0.2, 0.25) is 0 Å². The van der Waals surface area contributed by atoms with E-state index in [2.05, 4.69) is 52.4 Å². The van der Waals surface area contributed by atoms with E-state index in [0.29, 0.717) is 0 Å². The monoisotopic (exact) mass is 243 g/mol. The summed E-state index contributed by atoms with van der Waals surface area (Å²) in [6.07, 6.45) is 7.47. The van der Waals surface area contributed by atoms with Crippen LogP contribution < -0.4 is 5.32 Å². The van der Waals surface area contributed by atoms with Crippen molar-refractivity contribution >= 4 is 0 Å². The predicted octanol–water partition coefficient (Wildman–Crippen LogP) is 2.89. The molecule has 0 fully saturated rings. The summed E-state index contributed by atoms with van der Waals surface area (Å²) in [6, 6.07) is 6.35. The van der Waals surface area contributed by atoms with Gasteiger partial charge in [0.15, 0.2) is 0 Å². The summed E-state index contributed by atoms with van der Waals surface area (Å²) < 4.78 is 2.24. The third-order valence-electron chi connectivity index (χ3n) is 2.92. The maximum absolute atomic E-state index is 4.29. The second-order valence-corrected chi connectivity index (χ2v) is 4.67. The van der Waals surface area contributed by atoms with Crippen LogP contribution in [-0.2, 0) is 19.6 Å². The molecule has 3 nitrogen and oxygen atoms in total. The first-order valence-corrected chi connectivity index (χ1v) is 6.55. The van der Waals surface area contributed by atoms with Gasteiger partial charge in [0, 0.05) is 43.9 Å². The lowest BCUT2D eigenvalue weighted by molar-refractivity contribution is 0.667.